The summed E-state index contributed by atoms with van der Waals surface area (Å²) in [7, 11) is 0. The van der Waals surface area contributed by atoms with E-state index in [9.17, 15) is 4.79 Å². The van der Waals surface area contributed by atoms with E-state index in [0.717, 1.165) is 6.42 Å². The van der Waals surface area contributed by atoms with Crippen molar-refractivity contribution in [1.82, 2.24) is 0 Å². The number of hydrogen-bond donors (Lipinski definition) is 0. The summed E-state index contributed by atoms with van der Waals surface area (Å²) in [5.41, 5.74) is 0. The fraction of sp³-hybridized carbons (Fsp3) is 0.444. The zero-order valence-electron chi connectivity index (χ0n) is 6.56. The normalized spacial score (nSPS) is 35.5. The second-order valence-electron chi connectivity index (χ2n) is 2.96. The van der Waals surface area contributed by atoms with Gasteiger partial charge in [-0.1, -0.05) is 24.3 Å². The standard InChI is InChI=1S/C9H9NOS/c11-7-10-6-5-9-4-2-1-3-8(9)12-9/h1-4,8H,5-6H2. The van der Waals surface area contributed by atoms with Gasteiger partial charge in [0, 0.05) is 5.25 Å². The van der Waals surface area contributed by atoms with Gasteiger partial charge >= 0.3 is 0 Å². The average molecular weight is 179 g/mol. The molecule has 0 aromatic rings. The van der Waals surface area contributed by atoms with Crippen LogP contribution in [0.15, 0.2) is 29.3 Å². The molecule has 0 aromatic heterocycles. The van der Waals surface area contributed by atoms with Crippen LogP contribution in [0.25, 0.3) is 0 Å². The summed E-state index contributed by atoms with van der Waals surface area (Å²) in [6.45, 7) is 0.602. The highest BCUT2D eigenvalue weighted by atomic mass is 32.2. The van der Waals surface area contributed by atoms with E-state index < -0.39 is 0 Å². The van der Waals surface area contributed by atoms with Crippen LogP contribution in [0.1, 0.15) is 6.42 Å². The summed E-state index contributed by atoms with van der Waals surface area (Å²) >= 11 is 1.93. The van der Waals surface area contributed by atoms with Crippen LogP contribution in [-0.4, -0.2) is 22.6 Å². The molecule has 0 bridgehead atoms. The van der Waals surface area contributed by atoms with Gasteiger partial charge in [0.1, 0.15) is 0 Å². The molecule has 0 saturated carbocycles. The van der Waals surface area contributed by atoms with Crippen molar-refractivity contribution in [1.29, 1.82) is 0 Å². The molecule has 2 atom stereocenters. The Bertz CT molecular complexity index is 291. The predicted molar refractivity (Wildman–Crippen MR) is 50.0 cm³/mol. The molecule has 1 fully saturated rings. The molecule has 0 radical (unpaired) electrons. The molecule has 2 unspecified atom stereocenters. The Kier molecular flexibility index (Phi) is 1.91. The fourth-order valence-corrected chi connectivity index (χ4v) is 2.70. The van der Waals surface area contributed by atoms with Crippen LogP contribution in [0, 0.1) is 0 Å². The van der Waals surface area contributed by atoms with Gasteiger partial charge in [0.05, 0.1) is 11.3 Å². The van der Waals surface area contributed by atoms with Gasteiger partial charge in [-0.2, -0.15) is 0 Å². The zero-order chi connectivity index (χ0) is 8.44. The van der Waals surface area contributed by atoms with Crippen LogP contribution in [0.4, 0.5) is 0 Å². The molecule has 62 valence electrons. The number of isocyanates is 1. The number of hydrogen-bond acceptors (Lipinski definition) is 3. The highest BCUT2D eigenvalue weighted by molar-refractivity contribution is 8.09. The Labute approximate surface area is 75.4 Å². The first-order valence-electron chi connectivity index (χ1n) is 3.95. The minimum Gasteiger partial charge on any atom is -0.211 e. The van der Waals surface area contributed by atoms with Gasteiger partial charge in [-0.3, -0.25) is 0 Å². The van der Waals surface area contributed by atoms with E-state index in [4.69, 9.17) is 0 Å². The van der Waals surface area contributed by atoms with Crippen LogP contribution >= 0.6 is 11.8 Å². The molecule has 0 aromatic carbocycles. The Hall–Kier alpha value is -0.790. The molecular weight excluding hydrogens is 170 g/mol. The first-order valence-corrected chi connectivity index (χ1v) is 4.83. The molecule has 1 saturated heterocycles. The summed E-state index contributed by atoms with van der Waals surface area (Å²) < 4.78 is 0.273. The van der Waals surface area contributed by atoms with Crippen molar-refractivity contribution >= 4 is 17.8 Å². The predicted octanol–water partition coefficient (Wildman–Crippen LogP) is 1.69. The highest BCUT2D eigenvalue weighted by Crippen LogP contribution is 2.58. The third-order valence-electron chi connectivity index (χ3n) is 2.23. The van der Waals surface area contributed by atoms with Crippen molar-refractivity contribution in [3.63, 3.8) is 0 Å². The van der Waals surface area contributed by atoms with Crippen LogP contribution in [0.2, 0.25) is 0 Å². The molecule has 12 heavy (non-hydrogen) atoms. The molecule has 2 rings (SSSR count). The van der Waals surface area contributed by atoms with Crippen molar-refractivity contribution in [2.75, 3.05) is 6.54 Å². The Morgan fingerprint density at radius 3 is 3.25 bits per heavy atom. The van der Waals surface area contributed by atoms with E-state index in [1.54, 1.807) is 6.08 Å². The molecule has 2 aliphatic rings. The van der Waals surface area contributed by atoms with Crippen molar-refractivity contribution in [3.05, 3.63) is 24.3 Å². The molecule has 2 nitrogen and oxygen atoms in total. The summed E-state index contributed by atoms with van der Waals surface area (Å²) in [6.07, 6.45) is 11.1. The van der Waals surface area contributed by atoms with Gasteiger partial charge in [0.2, 0.25) is 6.08 Å². The largest absolute Gasteiger partial charge is 0.234 e. The van der Waals surface area contributed by atoms with Crippen LogP contribution in [0.3, 0.4) is 0 Å². The first-order chi connectivity index (χ1) is 5.87. The molecular formula is C9H9NOS. The number of rotatable bonds is 3. The first kappa shape index (κ1) is 7.84. The second-order valence-corrected chi connectivity index (χ2v) is 4.46. The lowest BCUT2D eigenvalue weighted by atomic mass is 9.97. The number of nitrogens with zero attached hydrogens (tertiary/aromatic N) is 1. The van der Waals surface area contributed by atoms with E-state index in [-0.39, 0.29) is 4.75 Å². The van der Waals surface area contributed by atoms with Crippen molar-refractivity contribution in [2.24, 2.45) is 4.99 Å². The van der Waals surface area contributed by atoms with Crippen molar-refractivity contribution < 1.29 is 4.79 Å². The van der Waals surface area contributed by atoms with E-state index in [0.29, 0.717) is 11.8 Å². The van der Waals surface area contributed by atoms with Gasteiger partial charge < -0.3 is 0 Å². The molecule has 3 heteroatoms. The Morgan fingerprint density at radius 1 is 1.58 bits per heavy atom. The van der Waals surface area contributed by atoms with E-state index >= 15 is 0 Å². The van der Waals surface area contributed by atoms with Crippen LogP contribution < -0.4 is 0 Å². The smallest absolute Gasteiger partial charge is 0.211 e. The number of carbonyl (C=O) groups excluding carboxylic acids is 1. The molecule has 0 N–H and O–H groups in total. The van der Waals surface area contributed by atoms with Crippen LogP contribution in [0.5, 0.6) is 0 Å². The Morgan fingerprint density at radius 2 is 2.50 bits per heavy atom. The molecule has 1 heterocycles. The monoisotopic (exact) mass is 179 g/mol. The third kappa shape index (κ3) is 1.26. The van der Waals surface area contributed by atoms with Gasteiger partial charge in [-0.15, -0.1) is 11.8 Å². The van der Waals surface area contributed by atoms with Crippen molar-refractivity contribution in [3.8, 4) is 0 Å². The summed E-state index contributed by atoms with van der Waals surface area (Å²) in [4.78, 5) is 13.4. The average Bonchev–Trinajstić information content (AvgIpc) is 2.79. The SMILES string of the molecule is O=C=NCCC12C=CC=CC1S2. The Balaban J connectivity index is 1.93. The van der Waals surface area contributed by atoms with Gasteiger partial charge in [0.25, 0.3) is 0 Å². The van der Waals surface area contributed by atoms with E-state index in [1.807, 2.05) is 11.8 Å². The quantitative estimate of drug-likeness (QED) is 0.375. The number of fused-ring (bicyclic) bond motifs is 1. The number of thioether (sulfide) groups is 1. The van der Waals surface area contributed by atoms with Gasteiger partial charge in [-0.25, -0.2) is 9.79 Å². The summed E-state index contributed by atoms with van der Waals surface area (Å²) in [5, 5.41) is 0.629. The summed E-state index contributed by atoms with van der Waals surface area (Å²) in [6, 6.07) is 0. The van der Waals surface area contributed by atoms with E-state index in [2.05, 4.69) is 29.3 Å². The van der Waals surface area contributed by atoms with Gasteiger partial charge in [-0.05, 0) is 6.42 Å². The molecule has 0 spiro atoms. The molecule has 0 amide bonds. The molecule has 1 aliphatic heterocycles. The second kappa shape index (κ2) is 2.92. The lowest BCUT2D eigenvalue weighted by Crippen LogP contribution is -2.12. The zero-order valence-corrected chi connectivity index (χ0v) is 7.38. The highest BCUT2D eigenvalue weighted by Gasteiger charge is 2.51. The number of aliphatic imine (C=N–C) groups is 1. The maximum atomic E-state index is 9.83. The minimum absolute atomic E-state index is 0.273. The maximum absolute atomic E-state index is 9.83. The molecule has 1 aliphatic carbocycles. The minimum atomic E-state index is 0.273. The topological polar surface area (TPSA) is 29.4 Å². The third-order valence-corrected chi connectivity index (χ3v) is 3.84. The van der Waals surface area contributed by atoms with E-state index in [1.165, 1.54) is 0 Å². The maximum Gasteiger partial charge on any atom is 0.234 e. The van der Waals surface area contributed by atoms with Crippen LogP contribution in [-0.2, 0) is 4.79 Å². The van der Waals surface area contributed by atoms with Gasteiger partial charge in [0.15, 0.2) is 0 Å². The fourth-order valence-electron chi connectivity index (χ4n) is 1.48. The summed E-state index contributed by atoms with van der Waals surface area (Å²) in [5.74, 6) is 0. The van der Waals surface area contributed by atoms with Crippen molar-refractivity contribution in [2.45, 2.75) is 16.4 Å². The lowest BCUT2D eigenvalue weighted by molar-refractivity contribution is 0.561. The lowest BCUT2D eigenvalue weighted by Gasteiger charge is -2.07. The number of allylic oxidation sites excluding steroid dienone is 2.